The van der Waals surface area contributed by atoms with Crippen LogP contribution in [0.1, 0.15) is 31.1 Å². The summed E-state index contributed by atoms with van der Waals surface area (Å²) < 4.78 is 11.0. The van der Waals surface area contributed by atoms with Gasteiger partial charge in [0.05, 0.1) is 25.0 Å². The van der Waals surface area contributed by atoms with E-state index in [4.69, 9.17) is 15.2 Å². The Morgan fingerprint density at radius 3 is 3.00 bits per heavy atom. The Hall–Kier alpha value is -1.17. The van der Waals surface area contributed by atoms with E-state index in [1.807, 2.05) is 12.1 Å². The SMILES string of the molecule is COc1cccc(C(O)C2(CN)CC3CCC2O3)n1. The zero-order chi connectivity index (χ0) is 13.5. The zero-order valence-electron chi connectivity index (χ0n) is 11.1. The molecule has 2 aliphatic rings. The third kappa shape index (κ3) is 1.93. The van der Waals surface area contributed by atoms with Gasteiger partial charge in [-0.3, -0.25) is 0 Å². The maximum absolute atomic E-state index is 10.7. The number of fused-ring (bicyclic) bond motifs is 2. The first-order valence-electron chi connectivity index (χ1n) is 6.74. The highest BCUT2D eigenvalue weighted by molar-refractivity contribution is 5.21. The molecule has 2 aliphatic heterocycles. The summed E-state index contributed by atoms with van der Waals surface area (Å²) in [5.74, 6) is 0.507. The Kier molecular flexibility index (Phi) is 3.20. The van der Waals surface area contributed by atoms with Crippen molar-refractivity contribution in [2.75, 3.05) is 13.7 Å². The molecule has 2 fully saturated rings. The quantitative estimate of drug-likeness (QED) is 0.849. The van der Waals surface area contributed by atoms with Crippen molar-refractivity contribution in [1.82, 2.24) is 4.98 Å². The number of aliphatic hydroxyl groups is 1. The van der Waals surface area contributed by atoms with Crippen LogP contribution in [0, 0.1) is 5.41 Å². The molecule has 0 spiro atoms. The summed E-state index contributed by atoms with van der Waals surface area (Å²) in [6.45, 7) is 0.411. The van der Waals surface area contributed by atoms with E-state index in [0.717, 1.165) is 19.3 Å². The van der Waals surface area contributed by atoms with Crippen LogP contribution < -0.4 is 10.5 Å². The standard InChI is InChI=1S/C14H20N2O3/c1-18-12-4-2-3-10(16-12)13(17)14(8-15)7-9-5-6-11(14)19-9/h2-4,9,11,13,17H,5-8,15H2,1H3. The number of pyridine rings is 1. The molecule has 5 heteroatoms. The van der Waals surface area contributed by atoms with E-state index in [1.54, 1.807) is 13.2 Å². The lowest BCUT2D eigenvalue weighted by Gasteiger charge is -2.38. The highest BCUT2D eigenvalue weighted by Gasteiger charge is 2.56. The summed E-state index contributed by atoms with van der Waals surface area (Å²) >= 11 is 0. The fourth-order valence-corrected chi connectivity index (χ4v) is 3.44. The highest BCUT2D eigenvalue weighted by atomic mass is 16.5. The number of aliphatic hydroxyl groups excluding tert-OH is 1. The molecule has 19 heavy (non-hydrogen) atoms. The zero-order valence-corrected chi connectivity index (χ0v) is 11.1. The largest absolute Gasteiger partial charge is 0.481 e. The fourth-order valence-electron chi connectivity index (χ4n) is 3.44. The van der Waals surface area contributed by atoms with E-state index < -0.39 is 11.5 Å². The molecule has 1 aromatic heterocycles. The topological polar surface area (TPSA) is 77.6 Å². The molecule has 2 saturated heterocycles. The van der Waals surface area contributed by atoms with Gasteiger partial charge in [-0.2, -0.15) is 0 Å². The molecule has 4 atom stereocenters. The molecule has 104 valence electrons. The third-order valence-corrected chi connectivity index (χ3v) is 4.52. The summed E-state index contributed by atoms with van der Waals surface area (Å²) in [5.41, 5.74) is 6.18. The summed E-state index contributed by atoms with van der Waals surface area (Å²) in [6.07, 6.45) is 2.45. The lowest BCUT2D eigenvalue weighted by molar-refractivity contribution is -0.0287. The van der Waals surface area contributed by atoms with Gasteiger partial charge in [-0.15, -0.1) is 0 Å². The normalized spacial score (nSPS) is 34.5. The molecule has 3 N–H and O–H groups in total. The van der Waals surface area contributed by atoms with Gasteiger partial charge in [0.2, 0.25) is 5.88 Å². The van der Waals surface area contributed by atoms with Gasteiger partial charge in [0.25, 0.3) is 0 Å². The summed E-state index contributed by atoms with van der Waals surface area (Å²) in [5, 5.41) is 10.7. The maximum Gasteiger partial charge on any atom is 0.213 e. The smallest absolute Gasteiger partial charge is 0.213 e. The van der Waals surface area contributed by atoms with Gasteiger partial charge >= 0.3 is 0 Å². The van der Waals surface area contributed by atoms with Gasteiger partial charge in [-0.25, -0.2) is 4.98 Å². The van der Waals surface area contributed by atoms with Gasteiger partial charge in [0.15, 0.2) is 0 Å². The molecular formula is C14H20N2O3. The highest BCUT2D eigenvalue weighted by Crippen LogP contribution is 2.53. The lowest BCUT2D eigenvalue weighted by Crippen LogP contribution is -2.44. The number of rotatable bonds is 4. The average Bonchev–Trinajstić information content (AvgIpc) is 3.07. The molecule has 0 amide bonds. The first kappa shape index (κ1) is 12.8. The minimum Gasteiger partial charge on any atom is -0.481 e. The molecule has 0 aliphatic carbocycles. The second-order valence-electron chi connectivity index (χ2n) is 5.47. The average molecular weight is 264 g/mol. The van der Waals surface area contributed by atoms with Gasteiger partial charge in [0.1, 0.15) is 6.10 Å². The number of aromatic nitrogens is 1. The molecule has 1 aromatic rings. The number of nitrogens with zero attached hydrogens (tertiary/aromatic N) is 1. The van der Waals surface area contributed by atoms with Crippen molar-refractivity contribution >= 4 is 0 Å². The van der Waals surface area contributed by atoms with Crippen LogP contribution in [-0.4, -0.2) is 36.0 Å². The van der Waals surface area contributed by atoms with E-state index in [1.165, 1.54) is 0 Å². The second-order valence-corrected chi connectivity index (χ2v) is 5.47. The summed E-state index contributed by atoms with van der Waals surface area (Å²) in [7, 11) is 1.57. The molecule has 0 aromatic carbocycles. The van der Waals surface area contributed by atoms with Crippen LogP contribution in [0.2, 0.25) is 0 Å². The van der Waals surface area contributed by atoms with E-state index in [9.17, 15) is 5.11 Å². The number of nitrogens with two attached hydrogens (primary N) is 1. The van der Waals surface area contributed by atoms with Crippen molar-refractivity contribution in [3.05, 3.63) is 23.9 Å². The van der Waals surface area contributed by atoms with Crippen LogP contribution in [0.4, 0.5) is 0 Å². The van der Waals surface area contributed by atoms with E-state index >= 15 is 0 Å². The van der Waals surface area contributed by atoms with Crippen LogP contribution >= 0.6 is 0 Å². The fraction of sp³-hybridized carbons (Fsp3) is 0.643. The van der Waals surface area contributed by atoms with Gasteiger partial charge in [-0.05, 0) is 25.3 Å². The third-order valence-electron chi connectivity index (χ3n) is 4.52. The summed E-state index contributed by atoms with van der Waals surface area (Å²) in [4.78, 5) is 4.33. The molecular weight excluding hydrogens is 244 g/mol. The van der Waals surface area contributed by atoms with Crippen LogP contribution in [-0.2, 0) is 4.74 Å². The van der Waals surface area contributed by atoms with E-state index in [-0.39, 0.29) is 12.2 Å². The Balaban J connectivity index is 1.91. The van der Waals surface area contributed by atoms with Crippen LogP contribution in [0.5, 0.6) is 5.88 Å². The monoisotopic (exact) mass is 264 g/mol. The van der Waals surface area contributed by atoms with E-state index in [0.29, 0.717) is 18.1 Å². The van der Waals surface area contributed by atoms with Crippen molar-refractivity contribution in [2.45, 2.75) is 37.6 Å². The Bertz CT molecular complexity index is 468. The Morgan fingerprint density at radius 2 is 2.42 bits per heavy atom. The molecule has 4 unspecified atom stereocenters. The predicted molar refractivity (Wildman–Crippen MR) is 69.7 cm³/mol. The van der Waals surface area contributed by atoms with Crippen LogP contribution in [0.15, 0.2) is 18.2 Å². The van der Waals surface area contributed by atoms with E-state index in [2.05, 4.69) is 4.98 Å². The van der Waals surface area contributed by atoms with Gasteiger partial charge in [0, 0.05) is 18.0 Å². The first-order chi connectivity index (χ1) is 9.19. The van der Waals surface area contributed by atoms with Crippen LogP contribution in [0.3, 0.4) is 0 Å². The first-order valence-corrected chi connectivity index (χ1v) is 6.74. The maximum atomic E-state index is 10.7. The Morgan fingerprint density at radius 1 is 1.58 bits per heavy atom. The summed E-state index contributed by atoms with van der Waals surface area (Å²) in [6, 6.07) is 5.42. The minimum atomic E-state index is -0.706. The van der Waals surface area contributed by atoms with Crippen molar-refractivity contribution in [3.63, 3.8) is 0 Å². The molecule has 3 rings (SSSR count). The number of ether oxygens (including phenoxy) is 2. The number of hydrogen-bond donors (Lipinski definition) is 2. The second kappa shape index (κ2) is 4.74. The van der Waals surface area contributed by atoms with Crippen molar-refractivity contribution in [2.24, 2.45) is 11.1 Å². The van der Waals surface area contributed by atoms with Gasteiger partial charge < -0.3 is 20.3 Å². The van der Waals surface area contributed by atoms with Crippen LogP contribution in [0.25, 0.3) is 0 Å². The van der Waals surface area contributed by atoms with Crippen molar-refractivity contribution in [1.29, 1.82) is 0 Å². The molecule has 0 radical (unpaired) electrons. The Labute approximate surface area is 112 Å². The van der Waals surface area contributed by atoms with Gasteiger partial charge in [-0.1, -0.05) is 6.07 Å². The minimum absolute atomic E-state index is 0.0468. The number of hydrogen-bond acceptors (Lipinski definition) is 5. The number of methoxy groups -OCH3 is 1. The molecule has 2 bridgehead atoms. The predicted octanol–water partition coefficient (Wildman–Crippen LogP) is 1.02. The van der Waals surface area contributed by atoms with Crippen molar-refractivity contribution < 1.29 is 14.6 Å². The molecule has 5 nitrogen and oxygen atoms in total. The lowest BCUT2D eigenvalue weighted by atomic mass is 9.69. The molecule has 0 saturated carbocycles. The molecule has 3 heterocycles. The van der Waals surface area contributed by atoms with Crippen molar-refractivity contribution in [3.8, 4) is 5.88 Å².